The van der Waals surface area contributed by atoms with Gasteiger partial charge in [-0.25, -0.2) is 15.0 Å². The van der Waals surface area contributed by atoms with Gasteiger partial charge >= 0.3 is 0 Å². The molecule has 0 fully saturated rings. The number of primary amides is 1. The number of rotatable bonds is 2. The van der Waals surface area contributed by atoms with Crippen LogP contribution in [0.3, 0.4) is 0 Å². The summed E-state index contributed by atoms with van der Waals surface area (Å²) in [6.07, 6.45) is 4.97. The van der Waals surface area contributed by atoms with Gasteiger partial charge in [-0.3, -0.25) is 4.79 Å². The molecule has 3 aromatic rings. The average Bonchev–Trinajstić information content (AvgIpc) is 2.99. The Morgan fingerprint density at radius 1 is 1.35 bits per heavy atom. The monoisotopic (exact) mass is 284 g/mol. The second-order valence-electron chi connectivity index (χ2n) is 5.04. The van der Waals surface area contributed by atoms with Crippen LogP contribution in [-0.2, 0) is 24.1 Å². The van der Waals surface area contributed by atoms with Gasteiger partial charge in [-0.2, -0.15) is 0 Å². The molecule has 20 heavy (non-hydrogen) atoms. The van der Waals surface area contributed by atoms with E-state index in [0.29, 0.717) is 5.69 Å². The molecule has 0 bridgehead atoms. The van der Waals surface area contributed by atoms with Crippen LogP contribution >= 0.6 is 11.3 Å². The molecule has 1 amide bonds. The van der Waals surface area contributed by atoms with Crippen molar-refractivity contribution in [2.75, 3.05) is 0 Å². The molecule has 2 N–H and O–H groups in total. The van der Waals surface area contributed by atoms with Crippen LogP contribution in [-0.4, -0.2) is 20.9 Å². The fourth-order valence-electron chi connectivity index (χ4n) is 2.80. The van der Waals surface area contributed by atoms with E-state index in [9.17, 15) is 4.79 Å². The van der Waals surface area contributed by atoms with E-state index >= 15 is 0 Å². The zero-order chi connectivity index (χ0) is 13.7. The predicted molar refractivity (Wildman–Crippen MR) is 77.6 cm³/mol. The van der Waals surface area contributed by atoms with E-state index < -0.39 is 0 Å². The number of pyridine rings is 1. The van der Waals surface area contributed by atoms with Crippen molar-refractivity contribution >= 4 is 37.7 Å². The van der Waals surface area contributed by atoms with Crippen LogP contribution in [0.4, 0.5) is 0 Å². The van der Waals surface area contributed by atoms with E-state index in [-0.39, 0.29) is 12.3 Å². The largest absolute Gasteiger partial charge is 0.369 e. The van der Waals surface area contributed by atoms with Crippen LogP contribution in [0.5, 0.6) is 0 Å². The molecule has 1 aliphatic rings. The van der Waals surface area contributed by atoms with Gasteiger partial charge in [0.25, 0.3) is 0 Å². The van der Waals surface area contributed by atoms with Gasteiger partial charge in [0.05, 0.1) is 22.3 Å². The highest BCUT2D eigenvalue weighted by atomic mass is 32.1. The minimum atomic E-state index is -0.377. The van der Waals surface area contributed by atoms with Crippen molar-refractivity contribution in [2.45, 2.75) is 25.7 Å². The number of nitrogens with two attached hydrogens (primary N) is 1. The SMILES string of the molecule is NC(=O)Cc1ncnc2c1sc1nc3c(cc12)CCC3. The molecule has 3 aromatic heterocycles. The summed E-state index contributed by atoms with van der Waals surface area (Å²) in [4.78, 5) is 25.4. The molecular weight excluding hydrogens is 272 g/mol. The van der Waals surface area contributed by atoms with E-state index in [1.807, 2.05) is 0 Å². The molecule has 6 heteroatoms. The Bertz CT molecular complexity index is 855. The molecule has 0 atom stereocenters. The van der Waals surface area contributed by atoms with Crippen molar-refractivity contribution in [1.82, 2.24) is 15.0 Å². The summed E-state index contributed by atoms with van der Waals surface area (Å²) in [7, 11) is 0. The van der Waals surface area contributed by atoms with Crippen molar-refractivity contribution in [3.8, 4) is 0 Å². The summed E-state index contributed by atoms with van der Waals surface area (Å²) in [5.74, 6) is -0.377. The molecule has 3 heterocycles. The third-order valence-corrected chi connectivity index (χ3v) is 4.83. The molecule has 0 aliphatic heterocycles. The highest BCUT2D eigenvalue weighted by Crippen LogP contribution is 2.35. The number of nitrogens with zero attached hydrogens (tertiary/aromatic N) is 3. The number of hydrogen-bond donors (Lipinski definition) is 1. The number of thiophene rings is 1. The Kier molecular flexibility index (Phi) is 2.47. The molecule has 4 rings (SSSR count). The number of aromatic nitrogens is 3. The van der Waals surface area contributed by atoms with E-state index in [1.165, 1.54) is 24.0 Å². The van der Waals surface area contributed by atoms with Crippen molar-refractivity contribution in [2.24, 2.45) is 5.73 Å². The summed E-state index contributed by atoms with van der Waals surface area (Å²) in [5.41, 5.74) is 9.39. The highest BCUT2D eigenvalue weighted by Gasteiger charge is 2.18. The lowest BCUT2D eigenvalue weighted by Gasteiger charge is -1.98. The minimum Gasteiger partial charge on any atom is -0.369 e. The van der Waals surface area contributed by atoms with Gasteiger partial charge in [0.15, 0.2) is 0 Å². The zero-order valence-electron chi connectivity index (χ0n) is 10.7. The van der Waals surface area contributed by atoms with Crippen LogP contribution in [0.25, 0.3) is 20.4 Å². The van der Waals surface area contributed by atoms with Gasteiger partial charge in [-0.15, -0.1) is 11.3 Å². The van der Waals surface area contributed by atoms with E-state index in [4.69, 9.17) is 10.7 Å². The lowest BCUT2D eigenvalue weighted by atomic mass is 10.1. The first-order valence-electron chi connectivity index (χ1n) is 6.55. The quantitative estimate of drug-likeness (QED) is 0.777. The molecule has 0 spiro atoms. The molecular formula is C14H12N4OS. The van der Waals surface area contributed by atoms with Crippen LogP contribution in [0, 0.1) is 0 Å². The summed E-state index contributed by atoms with van der Waals surface area (Å²) in [5, 5.41) is 1.07. The molecule has 0 saturated heterocycles. The van der Waals surface area contributed by atoms with Gasteiger partial charge in [0.2, 0.25) is 5.91 Å². The second-order valence-corrected chi connectivity index (χ2v) is 6.04. The number of carbonyl (C=O) groups excluding carboxylic acids is 1. The Hall–Kier alpha value is -2.08. The molecule has 0 aromatic carbocycles. The number of carbonyl (C=O) groups is 1. The lowest BCUT2D eigenvalue weighted by molar-refractivity contribution is -0.117. The Balaban J connectivity index is 2.02. The standard InChI is InChI=1S/C14H12N4OS/c15-11(19)5-10-13-12(17-6-16-10)8-4-7-2-1-3-9(7)18-14(8)20-13/h4,6H,1-3,5H2,(H2,15,19). The van der Waals surface area contributed by atoms with Crippen LogP contribution in [0.1, 0.15) is 23.4 Å². The maximum atomic E-state index is 11.1. The van der Waals surface area contributed by atoms with Gasteiger partial charge in [-0.1, -0.05) is 0 Å². The Morgan fingerprint density at radius 3 is 3.10 bits per heavy atom. The van der Waals surface area contributed by atoms with Crippen LogP contribution < -0.4 is 5.73 Å². The van der Waals surface area contributed by atoms with Crippen molar-refractivity contribution in [3.63, 3.8) is 0 Å². The predicted octanol–water partition coefficient (Wildman–Crippen LogP) is 1.76. The van der Waals surface area contributed by atoms with Gasteiger partial charge in [0, 0.05) is 11.1 Å². The summed E-state index contributed by atoms with van der Waals surface area (Å²) >= 11 is 1.55. The minimum absolute atomic E-state index is 0.144. The topological polar surface area (TPSA) is 81.8 Å². The maximum Gasteiger partial charge on any atom is 0.223 e. The fraction of sp³-hybridized carbons (Fsp3) is 0.286. The fourth-order valence-corrected chi connectivity index (χ4v) is 3.91. The third-order valence-electron chi connectivity index (χ3n) is 3.69. The lowest BCUT2D eigenvalue weighted by Crippen LogP contribution is -2.14. The highest BCUT2D eigenvalue weighted by molar-refractivity contribution is 7.25. The number of aryl methyl sites for hydroxylation is 2. The van der Waals surface area contributed by atoms with E-state index in [0.717, 1.165) is 33.3 Å². The summed E-state index contributed by atoms with van der Waals surface area (Å²) in [6.45, 7) is 0. The first kappa shape index (κ1) is 11.7. The normalized spacial score (nSPS) is 14.0. The smallest absolute Gasteiger partial charge is 0.223 e. The maximum absolute atomic E-state index is 11.1. The number of fused-ring (bicyclic) bond motifs is 4. The van der Waals surface area contributed by atoms with E-state index in [2.05, 4.69) is 16.0 Å². The second kappa shape index (κ2) is 4.21. The van der Waals surface area contributed by atoms with Crippen LogP contribution in [0.15, 0.2) is 12.4 Å². The number of amides is 1. The van der Waals surface area contributed by atoms with E-state index in [1.54, 1.807) is 11.3 Å². The molecule has 5 nitrogen and oxygen atoms in total. The zero-order valence-corrected chi connectivity index (χ0v) is 11.5. The van der Waals surface area contributed by atoms with Gasteiger partial charge < -0.3 is 5.73 Å². The van der Waals surface area contributed by atoms with Crippen molar-refractivity contribution in [3.05, 3.63) is 29.3 Å². The average molecular weight is 284 g/mol. The Morgan fingerprint density at radius 2 is 2.25 bits per heavy atom. The first-order valence-corrected chi connectivity index (χ1v) is 7.37. The summed E-state index contributed by atoms with van der Waals surface area (Å²) < 4.78 is 0.928. The molecule has 1 aliphatic carbocycles. The number of hydrogen-bond acceptors (Lipinski definition) is 5. The molecule has 0 unspecified atom stereocenters. The van der Waals surface area contributed by atoms with Gasteiger partial charge in [-0.05, 0) is 30.9 Å². The van der Waals surface area contributed by atoms with Gasteiger partial charge in [0.1, 0.15) is 11.2 Å². The van der Waals surface area contributed by atoms with Crippen molar-refractivity contribution in [1.29, 1.82) is 0 Å². The Labute approximate surface area is 118 Å². The van der Waals surface area contributed by atoms with Crippen LogP contribution in [0.2, 0.25) is 0 Å². The summed E-state index contributed by atoms with van der Waals surface area (Å²) in [6, 6.07) is 2.20. The molecule has 100 valence electrons. The third kappa shape index (κ3) is 1.68. The molecule has 0 saturated carbocycles. The molecule has 0 radical (unpaired) electrons. The first-order chi connectivity index (χ1) is 9.72. The van der Waals surface area contributed by atoms with Crippen molar-refractivity contribution < 1.29 is 4.79 Å².